The van der Waals surface area contributed by atoms with Crippen molar-refractivity contribution in [2.24, 2.45) is 9.98 Å². The number of aliphatic imine (C=N–C) groups is 2. The molecule has 0 aliphatic carbocycles. The summed E-state index contributed by atoms with van der Waals surface area (Å²) in [5, 5.41) is 19.2. The highest BCUT2D eigenvalue weighted by Gasteiger charge is 2.24. The molecule has 0 bridgehead atoms. The Morgan fingerprint density at radius 1 is 0.310 bits per heavy atom. The third kappa shape index (κ3) is 6.02. The Morgan fingerprint density at radius 2 is 0.638 bits per heavy atom. The second-order valence-corrected chi connectivity index (χ2v) is 13.7. The summed E-state index contributed by atoms with van der Waals surface area (Å²) in [6, 6.07) is 55.5. The zero-order valence-electron chi connectivity index (χ0n) is 30.6. The first-order chi connectivity index (χ1) is 28.7. The van der Waals surface area contributed by atoms with E-state index in [1.54, 1.807) is 0 Å². The largest absolute Gasteiger partial charge is 0.416 e. The van der Waals surface area contributed by atoms with Gasteiger partial charge in [-0.05, 0) is 72.8 Å². The van der Waals surface area contributed by atoms with Gasteiger partial charge in [0.25, 0.3) is 0 Å². The molecule has 0 atom stereocenters. The number of pyridine rings is 2. The summed E-state index contributed by atoms with van der Waals surface area (Å²) in [5.41, 5.74) is 10.5. The van der Waals surface area contributed by atoms with Crippen molar-refractivity contribution in [3.8, 4) is 45.8 Å². The zero-order chi connectivity index (χ0) is 38.4. The Hall–Kier alpha value is -8.24. The van der Waals surface area contributed by atoms with E-state index in [9.17, 15) is 0 Å². The van der Waals surface area contributed by atoms with Gasteiger partial charge in [0.15, 0.2) is 0 Å². The number of aromatic nitrogens is 6. The molecular formula is C48H28N8O2. The van der Waals surface area contributed by atoms with Gasteiger partial charge < -0.3 is 8.83 Å². The van der Waals surface area contributed by atoms with Gasteiger partial charge in [0, 0.05) is 44.2 Å². The van der Waals surface area contributed by atoms with Crippen LogP contribution in [0.1, 0.15) is 22.5 Å². The Labute approximate surface area is 331 Å². The third-order valence-electron chi connectivity index (χ3n) is 10.0. The maximum Gasteiger partial charge on any atom is 0.248 e. The highest BCUT2D eigenvalue weighted by atomic mass is 16.4. The van der Waals surface area contributed by atoms with E-state index in [1.807, 2.05) is 158 Å². The molecule has 0 saturated heterocycles. The Balaban J connectivity index is 1.05. The predicted molar refractivity (Wildman–Crippen MR) is 224 cm³/mol. The fourth-order valence-corrected chi connectivity index (χ4v) is 7.09. The van der Waals surface area contributed by atoms with Crippen molar-refractivity contribution in [3.63, 3.8) is 0 Å². The van der Waals surface area contributed by atoms with Crippen molar-refractivity contribution in [2.45, 2.75) is 0 Å². The van der Waals surface area contributed by atoms with E-state index in [2.05, 4.69) is 32.5 Å². The van der Waals surface area contributed by atoms with E-state index in [0.717, 1.165) is 55.2 Å². The first-order valence-corrected chi connectivity index (χ1v) is 18.7. The molecular weight excluding hydrogens is 721 g/mol. The summed E-state index contributed by atoms with van der Waals surface area (Å²) in [6.45, 7) is 0. The molecule has 10 nitrogen and oxygen atoms in total. The molecule has 1 aliphatic rings. The second kappa shape index (κ2) is 13.8. The van der Waals surface area contributed by atoms with Crippen LogP contribution < -0.4 is 0 Å². The maximum atomic E-state index is 6.07. The van der Waals surface area contributed by atoms with E-state index in [-0.39, 0.29) is 0 Å². The lowest BCUT2D eigenvalue weighted by atomic mass is 9.98. The minimum Gasteiger partial charge on any atom is -0.416 e. The van der Waals surface area contributed by atoms with Gasteiger partial charge in [-0.25, -0.2) is 20.0 Å². The molecule has 11 rings (SSSR count). The molecule has 4 aromatic heterocycles. The third-order valence-corrected chi connectivity index (χ3v) is 10.0. The van der Waals surface area contributed by atoms with Crippen molar-refractivity contribution in [3.05, 3.63) is 192 Å². The summed E-state index contributed by atoms with van der Waals surface area (Å²) in [5.74, 6) is 1.76. The molecule has 0 spiro atoms. The number of para-hydroxylation sites is 2. The highest BCUT2D eigenvalue weighted by molar-refractivity contribution is 6.22. The van der Waals surface area contributed by atoms with Gasteiger partial charge in [-0.1, -0.05) is 97.1 Å². The second-order valence-electron chi connectivity index (χ2n) is 13.7. The summed E-state index contributed by atoms with van der Waals surface area (Å²) < 4.78 is 12.1. The van der Waals surface area contributed by atoms with Gasteiger partial charge >= 0.3 is 0 Å². The molecule has 0 fully saturated rings. The lowest BCUT2D eigenvalue weighted by molar-refractivity contribution is 0.584. The molecule has 10 heteroatoms. The van der Waals surface area contributed by atoms with Crippen LogP contribution in [0.3, 0.4) is 0 Å². The zero-order valence-corrected chi connectivity index (χ0v) is 30.6. The standard InChI is InChI=1S/C48H28N8O2/c1-3-11-31(12-4-1)45-53-55-47(57-45)33-23-19-29(20-24-33)41-43-39(27-35-15-7-9-17-37(35)49-43)52-42(44-40(51-41)28-36-16-8-10-18-38(36)50-44)30-21-25-34(26-22-30)48-56-54-46(58-48)32-13-5-2-6-14-32/h1-28H/b43-41?,44-42?,51-40?,51-41-,52-39?,52-42-. The van der Waals surface area contributed by atoms with Gasteiger partial charge in [0.05, 0.1) is 33.8 Å². The molecule has 272 valence electrons. The average molecular weight is 749 g/mol. The van der Waals surface area contributed by atoms with E-state index in [1.165, 1.54) is 0 Å². The van der Waals surface area contributed by atoms with Crippen molar-refractivity contribution in [1.82, 2.24) is 30.4 Å². The van der Waals surface area contributed by atoms with Crippen molar-refractivity contribution in [1.29, 1.82) is 0 Å². The van der Waals surface area contributed by atoms with Crippen LogP contribution in [-0.4, -0.2) is 41.8 Å². The Morgan fingerprint density at radius 3 is 1.03 bits per heavy atom. The van der Waals surface area contributed by atoms with Crippen molar-refractivity contribution >= 4 is 44.6 Å². The van der Waals surface area contributed by atoms with Crippen LogP contribution >= 0.6 is 0 Å². The van der Waals surface area contributed by atoms with Crippen LogP contribution in [0.15, 0.2) is 189 Å². The lowest BCUT2D eigenvalue weighted by Crippen LogP contribution is -2.13. The molecule has 0 amide bonds. The maximum absolute atomic E-state index is 6.07. The summed E-state index contributed by atoms with van der Waals surface area (Å²) in [7, 11) is 0. The highest BCUT2D eigenvalue weighted by Crippen LogP contribution is 2.36. The number of rotatable bonds is 6. The monoisotopic (exact) mass is 748 g/mol. The molecule has 0 saturated carbocycles. The Kier molecular flexibility index (Phi) is 7.88. The van der Waals surface area contributed by atoms with Crippen LogP contribution in [0.4, 0.5) is 11.4 Å². The normalized spacial score (nSPS) is 14.1. The predicted octanol–water partition coefficient (Wildman–Crippen LogP) is 10.9. The fraction of sp³-hybridized carbons (Fsp3) is 0. The first-order valence-electron chi connectivity index (χ1n) is 18.7. The quantitative estimate of drug-likeness (QED) is 0.164. The van der Waals surface area contributed by atoms with Gasteiger partial charge in [-0.15, -0.1) is 20.4 Å². The fourth-order valence-electron chi connectivity index (χ4n) is 7.09. The SMILES string of the molecule is c1ccc(-c2nnc(-c3ccc(/C4=N/c5cc6ccccc6nc5/C(c5ccc(-c6nnc(-c7ccccc7)o6)cc5)=N\c5cc6ccccc6nc54)cc3)o2)cc1. The summed E-state index contributed by atoms with van der Waals surface area (Å²) >= 11 is 0. The van der Waals surface area contributed by atoms with E-state index in [4.69, 9.17) is 28.8 Å². The first kappa shape index (κ1) is 33.1. The van der Waals surface area contributed by atoms with Crippen LogP contribution in [0.5, 0.6) is 0 Å². The van der Waals surface area contributed by atoms with E-state index >= 15 is 0 Å². The molecule has 58 heavy (non-hydrogen) atoms. The number of fused-ring (bicyclic) bond motifs is 4. The average Bonchev–Trinajstić information content (AvgIpc) is 3.99. The molecule has 1 aliphatic heterocycles. The van der Waals surface area contributed by atoms with Gasteiger partial charge in [0.2, 0.25) is 23.6 Å². The number of nitrogens with zero attached hydrogens (tertiary/aromatic N) is 8. The van der Waals surface area contributed by atoms with Crippen LogP contribution in [-0.2, 0) is 0 Å². The van der Waals surface area contributed by atoms with Crippen LogP contribution in [0, 0.1) is 0 Å². The van der Waals surface area contributed by atoms with Crippen molar-refractivity contribution in [2.75, 3.05) is 0 Å². The number of hydrogen-bond acceptors (Lipinski definition) is 10. The summed E-state index contributed by atoms with van der Waals surface area (Å²) in [6.07, 6.45) is 0. The molecule has 0 unspecified atom stereocenters. The van der Waals surface area contributed by atoms with E-state index in [0.29, 0.717) is 57.7 Å². The van der Waals surface area contributed by atoms with E-state index < -0.39 is 0 Å². The molecule has 0 N–H and O–H groups in total. The van der Waals surface area contributed by atoms with Crippen LogP contribution in [0.25, 0.3) is 67.6 Å². The smallest absolute Gasteiger partial charge is 0.248 e. The molecule has 6 aromatic carbocycles. The minimum atomic E-state index is 0.423. The van der Waals surface area contributed by atoms with Crippen LogP contribution in [0.2, 0.25) is 0 Å². The molecule has 5 heterocycles. The lowest BCUT2D eigenvalue weighted by Gasteiger charge is -2.18. The Bertz CT molecular complexity index is 2990. The minimum absolute atomic E-state index is 0.423. The van der Waals surface area contributed by atoms with Crippen molar-refractivity contribution < 1.29 is 8.83 Å². The van der Waals surface area contributed by atoms with Gasteiger partial charge in [-0.3, -0.25) is 0 Å². The van der Waals surface area contributed by atoms with Gasteiger partial charge in [-0.2, -0.15) is 0 Å². The number of benzene rings is 6. The molecule has 0 radical (unpaired) electrons. The van der Waals surface area contributed by atoms with Gasteiger partial charge in [0.1, 0.15) is 11.4 Å². The summed E-state index contributed by atoms with van der Waals surface area (Å²) in [4.78, 5) is 21.2. The molecule has 10 aromatic rings. The number of hydrogen-bond donors (Lipinski definition) is 0. The topological polar surface area (TPSA) is 128 Å².